The molecule has 0 aliphatic carbocycles. The number of hydrogen-bond donors (Lipinski definition) is 1. The average molecular weight is 333 g/mol. The Balaban J connectivity index is 1.76. The van der Waals surface area contributed by atoms with Crippen LogP contribution in [0, 0.1) is 6.92 Å². The first-order valence-corrected chi connectivity index (χ1v) is 7.86. The zero-order valence-electron chi connectivity index (χ0n) is 12.7. The molecule has 0 spiro atoms. The predicted molar refractivity (Wildman–Crippen MR) is 87.6 cm³/mol. The van der Waals surface area contributed by atoms with Gasteiger partial charge in [-0.2, -0.15) is 0 Å². The Labute approximate surface area is 139 Å². The fourth-order valence-electron chi connectivity index (χ4n) is 2.78. The number of likely N-dealkylation sites (tertiary alicyclic amines) is 1. The summed E-state index contributed by atoms with van der Waals surface area (Å²) in [6, 6.07) is 8.13. The molecule has 1 aromatic carbocycles. The third-order valence-electron chi connectivity index (χ3n) is 4.07. The van der Waals surface area contributed by atoms with Crippen LogP contribution in [0.25, 0.3) is 0 Å². The lowest BCUT2D eigenvalue weighted by Gasteiger charge is -2.23. The molecule has 1 aliphatic heterocycles. The molecule has 2 heterocycles. The van der Waals surface area contributed by atoms with Crippen molar-refractivity contribution in [2.45, 2.75) is 25.8 Å². The summed E-state index contributed by atoms with van der Waals surface area (Å²) in [7, 11) is 0. The van der Waals surface area contributed by atoms with Gasteiger partial charge in [-0.3, -0.25) is 9.59 Å². The standard InChI is InChI=1S/C17H17ClN2O3/c1-11-12(18)5-2-6-13(11)19-16(21)14-7-3-9-20(14)17(22)15-8-4-10-23-15/h2,4-6,8,10,14H,3,7,9H2,1H3,(H,19,21). The highest BCUT2D eigenvalue weighted by Crippen LogP contribution is 2.25. The van der Waals surface area contributed by atoms with Gasteiger partial charge in [0.2, 0.25) is 5.91 Å². The zero-order chi connectivity index (χ0) is 16.4. The molecule has 0 bridgehead atoms. The van der Waals surface area contributed by atoms with E-state index in [1.807, 2.05) is 6.92 Å². The average Bonchev–Trinajstić information content (AvgIpc) is 3.21. The molecule has 1 atom stereocenters. The number of benzene rings is 1. The number of carbonyl (C=O) groups is 2. The number of amides is 2. The summed E-state index contributed by atoms with van der Waals surface area (Å²) in [4.78, 5) is 26.6. The van der Waals surface area contributed by atoms with E-state index in [9.17, 15) is 9.59 Å². The second-order valence-electron chi connectivity index (χ2n) is 5.54. The van der Waals surface area contributed by atoms with Crippen molar-refractivity contribution in [3.63, 3.8) is 0 Å². The summed E-state index contributed by atoms with van der Waals surface area (Å²) in [5, 5.41) is 3.47. The lowest BCUT2D eigenvalue weighted by atomic mass is 10.1. The fraction of sp³-hybridized carbons (Fsp3) is 0.294. The van der Waals surface area contributed by atoms with Crippen molar-refractivity contribution in [3.8, 4) is 0 Å². The topological polar surface area (TPSA) is 62.6 Å². The Morgan fingerprint density at radius 3 is 2.87 bits per heavy atom. The molecule has 120 valence electrons. The van der Waals surface area contributed by atoms with Crippen LogP contribution in [-0.2, 0) is 4.79 Å². The molecule has 1 aromatic heterocycles. The maximum Gasteiger partial charge on any atom is 0.290 e. The molecule has 23 heavy (non-hydrogen) atoms. The summed E-state index contributed by atoms with van der Waals surface area (Å²) < 4.78 is 5.15. The van der Waals surface area contributed by atoms with Crippen LogP contribution in [0.2, 0.25) is 5.02 Å². The number of hydrogen-bond acceptors (Lipinski definition) is 3. The predicted octanol–water partition coefficient (Wildman–Crippen LogP) is 3.48. The Kier molecular flexibility index (Phi) is 4.39. The third-order valence-corrected chi connectivity index (χ3v) is 4.48. The highest BCUT2D eigenvalue weighted by Gasteiger charge is 2.35. The van der Waals surface area contributed by atoms with E-state index in [-0.39, 0.29) is 17.6 Å². The molecule has 6 heteroatoms. The van der Waals surface area contributed by atoms with E-state index in [0.717, 1.165) is 12.0 Å². The minimum Gasteiger partial charge on any atom is -0.459 e. The van der Waals surface area contributed by atoms with E-state index in [4.69, 9.17) is 16.0 Å². The largest absolute Gasteiger partial charge is 0.459 e. The van der Waals surface area contributed by atoms with E-state index in [2.05, 4.69) is 5.32 Å². The van der Waals surface area contributed by atoms with E-state index < -0.39 is 6.04 Å². The molecule has 3 rings (SSSR count). The van der Waals surface area contributed by atoms with Gasteiger partial charge in [0.15, 0.2) is 5.76 Å². The lowest BCUT2D eigenvalue weighted by molar-refractivity contribution is -0.119. The number of halogens is 1. The second kappa shape index (κ2) is 6.46. The van der Waals surface area contributed by atoms with E-state index >= 15 is 0 Å². The third kappa shape index (κ3) is 3.10. The van der Waals surface area contributed by atoms with Crippen LogP contribution in [0.4, 0.5) is 5.69 Å². The van der Waals surface area contributed by atoms with Crippen LogP contribution in [0.5, 0.6) is 0 Å². The van der Waals surface area contributed by atoms with Crippen molar-refractivity contribution in [1.29, 1.82) is 0 Å². The van der Waals surface area contributed by atoms with E-state index in [0.29, 0.717) is 23.7 Å². The zero-order valence-corrected chi connectivity index (χ0v) is 13.5. The molecule has 1 aliphatic rings. The smallest absolute Gasteiger partial charge is 0.290 e. The summed E-state index contributed by atoms with van der Waals surface area (Å²) in [5.74, 6) is -0.202. The van der Waals surface area contributed by atoms with Crippen LogP contribution >= 0.6 is 11.6 Å². The van der Waals surface area contributed by atoms with E-state index in [1.165, 1.54) is 6.26 Å². The van der Waals surface area contributed by atoms with Gasteiger partial charge in [0.25, 0.3) is 5.91 Å². The maximum atomic E-state index is 12.6. The van der Waals surface area contributed by atoms with Crippen LogP contribution in [-0.4, -0.2) is 29.3 Å². The Morgan fingerprint density at radius 2 is 2.13 bits per heavy atom. The van der Waals surface area contributed by atoms with Crippen molar-refractivity contribution in [2.24, 2.45) is 0 Å². The summed E-state index contributed by atoms with van der Waals surface area (Å²) in [6.45, 7) is 2.39. The molecule has 0 radical (unpaired) electrons. The van der Waals surface area contributed by atoms with Crippen LogP contribution in [0.1, 0.15) is 29.0 Å². The minimum absolute atomic E-state index is 0.201. The lowest BCUT2D eigenvalue weighted by Crippen LogP contribution is -2.43. The van der Waals surface area contributed by atoms with Crippen LogP contribution in [0.15, 0.2) is 41.0 Å². The normalized spacial score (nSPS) is 17.3. The highest BCUT2D eigenvalue weighted by atomic mass is 35.5. The number of anilines is 1. The van der Waals surface area contributed by atoms with Gasteiger partial charge in [-0.05, 0) is 49.6 Å². The Morgan fingerprint density at radius 1 is 1.30 bits per heavy atom. The van der Waals surface area contributed by atoms with Gasteiger partial charge in [0, 0.05) is 17.3 Å². The first-order valence-electron chi connectivity index (χ1n) is 7.48. The number of nitrogens with zero attached hydrogens (tertiary/aromatic N) is 1. The number of furan rings is 1. The maximum absolute atomic E-state index is 12.6. The monoisotopic (exact) mass is 332 g/mol. The molecular formula is C17H17ClN2O3. The van der Waals surface area contributed by atoms with Crippen molar-refractivity contribution in [3.05, 3.63) is 52.9 Å². The van der Waals surface area contributed by atoms with Gasteiger partial charge >= 0.3 is 0 Å². The quantitative estimate of drug-likeness (QED) is 0.935. The Hall–Kier alpha value is -2.27. The van der Waals surface area contributed by atoms with Gasteiger partial charge in [0.1, 0.15) is 6.04 Å². The van der Waals surface area contributed by atoms with Gasteiger partial charge in [-0.15, -0.1) is 0 Å². The number of nitrogens with one attached hydrogen (secondary N) is 1. The molecule has 2 amide bonds. The van der Waals surface area contributed by atoms with Gasteiger partial charge in [-0.1, -0.05) is 17.7 Å². The second-order valence-corrected chi connectivity index (χ2v) is 5.94. The molecule has 1 unspecified atom stereocenters. The van der Waals surface area contributed by atoms with Crippen molar-refractivity contribution >= 4 is 29.1 Å². The molecule has 0 saturated carbocycles. The first kappa shape index (κ1) is 15.6. The number of rotatable bonds is 3. The van der Waals surface area contributed by atoms with Crippen molar-refractivity contribution < 1.29 is 14.0 Å². The first-order chi connectivity index (χ1) is 11.1. The molecule has 5 nitrogen and oxygen atoms in total. The van der Waals surface area contributed by atoms with Gasteiger partial charge in [0.05, 0.1) is 6.26 Å². The van der Waals surface area contributed by atoms with Crippen molar-refractivity contribution in [1.82, 2.24) is 4.90 Å². The molecule has 1 N–H and O–H groups in total. The fourth-order valence-corrected chi connectivity index (χ4v) is 2.96. The van der Waals surface area contributed by atoms with E-state index in [1.54, 1.807) is 35.2 Å². The minimum atomic E-state index is -0.494. The number of carbonyl (C=O) groups excluding carboxylic acids is 2. The SMILES string of the molecule is Cc1c(Cl)cccc1NC(=O)C1CCCN1C(=O)c1ccco1. The molecular weight excluding hydrogens is 316 g/mol. The summed E-state index contributed by atoms with van der Waals surface area (Å²) >= 11 is 6.08. The summed E-state index contributed by atoms with van der Waals surface area (Å²) in [5.41, 5.74) is 1.48. The molecule has 2 aromatic rings. The van der Waals surface area contributed by atoms with Crippen molar-refractivity contribution in [2.75, 3.05) is 11.9 Å². The van der Waals surface area contributed by atoms with Crippen LogP contribution in [0.3, 0.4) is 0 Å². The Bertz CT molecular complexity index is 727. The van der Waals surface area contributed by atoms with Gasteiger partial charge < -0.3 is 14.6 Å². The van der Waals surface area contributed by atoms with Gasteiger partial charge in [-0.25, -0.2) is 0 Å². The molecule has 1 saturated heterocycles. The molecule has 1 fully saturated rings. The highest BCUT2D eigenvalue weighted by molar-refractivity contribution is 6.31. The van der Waals surface area contributed by atoms with Crippen LogP contribution < -0.4 is 5.32 Å². The summed E-state index contributed by atoms with van der Waals surface area (Å²) in [6.07, 6.45) is 2.88.